The summed E-state index contributed by atoms with van der Waals surface area (Å²) in [6.07, 6.45) is 1.74. The van der Waals surface area contributed by atoms with Gasteiger partial charge in [-0.25, -0.2) is 4.98 Å². The summed E-state index contributed by atoms with van der Waals surface area (Å²) in [5.41, 5.74) is 8.52. The monoisotopic (exact) mass is 284 g/mol. The number of benzene rings is 1. The van der Waals surface area contributed by atoms with Gasteiger partial charge in [0.1, 0.15) is 5.69 Å². The van der Waals surface area contributed by atoms with E-state index in [-0.39, 0.29) is 5.91 Å². The Morgan fingerprint density at radius 1 is 1.35 bits per heavy atom. The molecule has 0 saturated carbocycles. The summed E-state index contributed by atoms with van der Waals surface area (Å²) in [6, 6.07) is 7.58. The van der Waals surface area contributed by atoms with Crippen molar-refractivity contribution in [1.82, 2.24) is 9.97 Å². The number of carbonyl (C=O) groups is 1. The molecule has 20 heavy (non-hydrogen) atoms. The molecule has 0 fully saturated rings. The number of aromatic nitrogens is 2. The molecular formula is C14H12N4OS. The van der Waals surface area contributed by atoms with Gasteiger partial charge in [-0.2, -0.15) is 0 Å². The van der Waals surface area contributed by atoms with E-state index in [2.05, 4.69) is 15.3 Å². The van der Waals surface area contributed by atoms with Gasteiger partial charge in [-0.15, -0.1) is 11.3 Å². The summed E-state index contributed by atoms with van der Waals surface area (Å²) < 4.78 is 0. The van der Waals surface area contributed by atoms with Crippen LogP contribution in [0, 0.1) is 6.92 Å². The third-order valence-corrected chi connectivity index (χ3v) is 3.65. The van der Waals surface area contributed by atoms with Gasteiger partial charge >= 0.3 is 0 Å². The van der Waals surface area contributed by atoms with E-state index in [1.165, 1.54) is 11.3 Å². The lowest BCUT2D eigenvalue weighted by molar-refractivity contribution is 0.102. The average Bonchev–Trinajstić information content (AvgIpc) is 2.89. The summed E-state index contributed by atoms with van der Waals surface area (Å²) in [5.74, 6) is -0.271. The lowest BCUT2D eigenvalue weighted by Gasteiger charge is -2.08. The summed E-state index contributed by atoms with van der Waals surface area (Å²) in [5, 5.41) is 5.78. The van der Waals surface area contributed by atoms with Crippen LogP contribution in [0.1, 0.15) is 16.1 Å². The number of hydrogen-bond donors (Lipinski definition) is 2. The van der Waals surface area contributed by atoms with Crippen molar-refractivity contribution in [2.45, 2.75) is 6.92 Å². The third kappa shape index (κ3) is 2.21. The van der Waals surface area contributed by atoms with Crippen molar-refractivity contribution in [3.63, 3.8) is 0 Å². The second-order valence-electron chi connectivity index (χ2n) is 4.35. The summed E-state index contributed by atoms with van der Waals surface area (Å²) >= 11 is 1.24. The molecule has 0 aliphatic carbocycles. The van der Waals surface area contributed by atoms with Crippen molar-refractivity contribution >= 4 is 39.0 Å². The maximum atomic E-state index is 12.1. The summed E-state index contributed by atoms with van der Waals surface area (Å²) in [4.78, 5) is 20.4. The summed E-state index contributed by atoms with van der Waals surface area (Å²) in [6.45, 7) is 1.99. The minimum absolute atomic E-state index is 0.271. The van der Waals surface area contributed by atoms with Gasteiger partial charge in [0.25, 0.3) is 5.91 Å². The Bertz CT molecular complexity index is 797. The highest BCUT2D eigenvalue weighted by atomic mass is 32.1. The second kappa shape index (κ2) is 4.90. The highest BCUT2D eigenvalue weighted by Gasteiger charge is 2.12. The van der Waals surface area contributed by atoms with Crippen LogP contribution < -0.4 is 11.1 Å². The number of carbonyl (C=O) groups excluding carboxylic acids is 1. The van der Waals surface area contributed by atoms with Crippen molar-refractivity contribution in [3.8, 4) is 0 Å². The molecule has 0 atom stereocenters. The first-order valence-electron chi connectivity index (χ1n) is 6.02. The Morgan fingerprint density at radius 2 is 2.20 bits per heavy atom. The predicted octanol–water partition coefficient (Wildman–Crippen LogP) is 2.83. The van der Waals surface area contributed by atoms with Crippen LogP contribution in [0.2, 0.25) is 0 Å². The molecule has 3 N–H and O–H groups in total. The number of pyridine rings is 1. The van der Waals surface area contributed by atoms with Crippen LogP contribution in [0.4, 0.5) is 10.8 Å². The van der Waals surface area contributed by atoms with Gasteiger partial charge in [0.15, 0.2) is 5.13 Å². The Kier molecular flexibility index (Phi) is 3.08. The number of anilines is 2. The first-order valence-corrected chi connectivity index (χ1v) is 6.90. The minimum Gasteiger partial charge on any atom is -0.375 e. The third-order valence-electron chi connectivity index (χ3n) is 2.97. The van der Waals surface area contributed by atoms with Crippen molar-refractivity contribution in [1.29, 1.82) is 0 Å². The van der Waals surface area contributed by atoms with Crippen LogP contribution in [-0.2, 0) is 0 Å². The smallest absolute Gasteiger partial charge is 0.275 e. The number of amides is 1. The molecule has 100 valence electrons. The molecule has 5 nitrogen and oxygen atoms in total. The van der Waals surface area contributed by atoms with Crippen molar-refractivity contribution in [2.24, 2.45) is 0 Å². The van der Waals surface area contributed by atoms with E-state index in [1.807, 2.05) is 31.2 Å². The number of nitrogens with one attached hydrogen (secondary N) is 1. The largest absolute Gasteiger partial charge is 0.375 e. The fourth-order valence-corrected chi connectivity index (χ4v) is 2.54. The lowest BCUT2D eigenvalue weighted by Crippen LogP contribution is -2.12. The number of nitrogen functional groups attached to an aromatic ring is 1. The molecule has 2 aromatic heterocycles. The summed E-state index contributed by atoms with van der Waals surface area (Å²) in [7, 11) is 0. The fraction of sp³-hybridized carbons (Fsp3) is 0.0714. The number of nitrogens with two attached hydrogens (primary N) is 1. The van der Waals surface area contributed by atoms with E-state index >= 15 is 0 Å². The van der Waals surface area contributed by atoms with Crippen LogP contribution in [0.25, 0.3) is 10.9 Å². The fourth-order valence-electron chi connectivity index (χ4n) is 2.00. The molecule has 1 aromatic carbocycles. The van der Waals surface area contributed by atoms with Gasteiger partial charge < -0.3 is 11.1 Å². The molecule has 3 aromatic rings. The maximum absolute atomic E-state index is 12.1. The number of thiazole rings is 1. The van der Waals surface area contributed by atoms with E-state index < -0.39 is 0 Å². The molecule has 6 heteroatoms. The van der Waals surface area contributed by atoms with E-state index in [9.17, 15) is 4.79 Å². The predicted molar refractivity (Wildman–Crippen MR) is 81.0 cm³/mol. The molecule has 0 aliphatic heterocycles. The zero-order valence-electron chi connectivity index (χ0n) is 10.8. The average molecular weight is 284 g/mol. The Morgan fingerprint density at radius 3 is 2.95 bits per heavy atom. The van der Waals surface area contributed by atoms with Crippen LogP contribution in [0.15, 0.2) is 35.8 Å². The molecule has 0 spiro atoms. The Balaban J connectivity index is 1.99. The molecule has 3 rings (SSSR count). The van der Waals surface area contributed by atoms with Gasteiger partial charge in [-0.3, -0.25) is 9.78 Å². The number of fused-ring (bicyclic) bond motifs is 1. The quantitative estimate of drug-likeness (QED) is 0.758. The van der Waals surface area contributed by atoms with Gasteiger partial charge in [0, 0.05) is 17.0 Å². The number of aryl methyl sites for hydroxylation is 1. The van der Waals surface area contributed by atoms with Crippen LogP contribution in [-0.4, -0.2) is 15.9 Å². The molecule has 0 saturated heterocycles. The van der Waals surface area contributed by atoms with Crippen molar-refractivity contribution in [3.05, 3.63) is 47.1 Å². The molecule has 0 radical (unpaired) electrons. The van der Waals surface area contributed by atoms with E-state index in [0.717, 1.165) is 22.2 Å². The number of nitrogens with zero attached hydrogens (tertiary/aromatic N) is 2. The van der Waals surface area contributed by atoms with E-state index in [1.54, 1.807) is 11.6 Å². The Labute approximate surface area is 119 Å². The topological polar surface area (TPSA) is 80.9 Å². The number of hydrogen-bond acceptors (Lipinski definition) is 5. The van der Waals surface area contributed by atoms with Crippen LogP contribution in [0.5, 0.6) is 0 Å². The first-order chi connectivity index (χ1) is 9.65. The zero-order valence-corrected chi connectivity index (χ0v) is 11.6. The van der Waals surface area contributed by atoms with Crippen molar-refractivity contribution in [2.75, 3.05) is 11.1 Å². The standard InChI is InChI=1S/C14H12N4OS/c1-8-4-5-10(9-3-2-6-16-12(8)9)17-13(19)11-7-20-14(15)18-11/h2-7H,1H3,(H2,15,18)(H,17,19). The highest BCUT2D eigenvalue weighted by molar-refractivity contribution is 7.13. The lowest BCUT2D eigenvalue weighted by atomic mass is 10.1. The zero-order chi connectivity index (χ0) is 14.1. The van der Waals surface area contributed by atoms with Crippen LogP contribution >= 0.6 is 11.3 Å². The molecule has 2 heterocycles. The van der Waals surface area contributed by atoms with Gasteiger partial charge in [-0.05, 0) is 30.7 Å². The first kappa shape index (κ1) is 12.6. The SMILES string of the molecule is Cc1ccc(NC(=O)c2csc(N)n2)c2cccnc12. The van der Waals surface area contributed by atoms with Crippen LogP contribution in [0.3, 0.4) is 0 Å². The highest BCUT2D eigenvalue weighted by Crippen LogP contribution is 2.25. The number of rotatable bonds is 2. The molecular weight excluding hydrogens is 272 g/mol. The molecule has 0 aliphatic rings. The molecule has 0 unspecified atom stereocenters. The Hall–Kier alpha value is -2.47. The second-order valence-corrected chi connectivity index (χ2v) is 5.24. The normalized spacial score (nSPS) is 10.7. The van der Waals surface area contributed by atoms with Gasteiger partial charge in [0.05, 0.1) is 11.2 Å². The molecule has 0 bridgehead atoms. The van der Waals surface area contributed by atoms with E-state index in [0.29, 0.717) is 10.8 Å². The minimum atomic E-state index is -0.271. The molecule has 1 amide bonds. The van der Waals surface area contributed by atoms with E-state index in [4.69, 9.17) is 5.73 Å². The van der Waals surface area contributed by atoms with Gasteiger partial charge in [-0.1, -0.05) is 6.07 Å². The maximum Gasteiger partial charge on any atom is 0.275 e. The van der Waals surface area contributed by atoms with Crippen molar-refractivity contribution < 1.29 is 4.79 Å². The van der Waals surface area contributed by atoms with Gasteiger partial charge in [0.2, 0.25) is 0 Å².